The minimum absolute atomic E-state index is 0.0983. The number of benzene rings is 11. The van der Waals surface area contributed by atoms with Crippen molar-refractivity contribution >= 4 is 43.6 Å². The Bertz CT molecular complexity index is 5010. The van der Waals surface area contributed by atoms with Gasteiger partial charge in [0.1, 0.15) is 0 Å². The zero-order valence-electron chi connectivity index (χ0n) is 44.8. The molecule has 0 radical (unpaired) electrons. The summed E-state index contributed by atoms with van der Waals surface area (Å²) >= 11 is 0. The molecule has 86 heavy (non-hydrogen) atoms. The van der Waals surface area contributed by atoms with Gasteiger partial charge < -0.3 is 9.13 Å². The second kappa shape index (κ2) is 20.8. The molecule has 13 aromatic rings. The van der Waals surface area contributed by atoms with Crippen molar-refractivity contribution in [2.75, 3.05) is 0 Å². The van der Waals surface area contributed by atoms with E-state index in [1.165, 1.54) is 12.1 Å². The van der Waals surface area contributed by atoms with Crippen molar-refractivity contribution in [3.63, 3.8) is 0 Å². The van der Waals surface area contributed by atoms with Gasteiger partial charge in [-0.05, 0) is 165 Å². The topological polar surface area (TPSA) is 129 Å². The maximum atomic E-state index is 15.3. The van der Waals surface area contributed by atoms with E-state index in [9.17, 15) is 39.5 Å². The van der Waals surface area contributed by atoms with Crippen molar-refractivity contribution in [3.05, 3.63) is 263 Å². The molecule has 13 rings (SSSR count). The molecular formula is C73H37F6N7. The van der Waals surface area contributed by atoms with Crippen LogP contribution in [0.5, 0.6) is 0 Å². The maximum Gasteiger partial charge on any atom is 0.417 e. The van der Waals surface area contributed by atoms with Crippen molar-refractivity contribution in [3.8, 4) is 108 Å². The molecule has 0 aliphatic heterocycles. The standard InChI is InChI=1S/C73H37F6N7/c74-72(75,76)53-25-26-58(64(37-53)73(77,78)79)47-24-31-69(85-65-27-20-43(54-15-5-1-10-48(54)38-80)32-59(65)60-33-44(21-28-66(60)85)55-16-6-2-11-49(55)39-81)63(36-47)71-52(42-84)14-9-19-70(71)86-67-29-22-45(56-17-7-3-12-50(56)40-82)34-61(67)62-35-46(23-30-68(62)86)57-18-8-4-13-51(57)41-83/h1-37H. The Morgan fingerprint density at radius 1 is 0.279 bits per heavy atom. The number of nitrogens with zero attached hydrogens (tertiary/aromatic N) is 7. The van der Waals surface area contributed by atoms with Crippen molar-refractivity contribution in [2.45, 2.75) is 12.4 Å². The molecule has 0 unspecified atom stereocenters. The van der Waals surface area contributed by atoms with E-state index >= 15 is 13.2 Å². The van der Waals surface area contributed by atoms with Crippen molar-refractivity contribution < 1.29 is 26.3 Å². The molecule has 11 aromatic carbocycles. The maximum absolute atomic E-state index is 15.3. The number of halogens is 6. The van der Waals surface area contributed by atoms with Gasteiger partial charge >= 0.3 is 12.4 Å². The monoisotopic (exact) mass is 1130 g/mol. The second-order valence-electron chi connectivity index (χ2n) is 20.5. The Hall–Kier alpha value is -12.0. The normalized spacial score (nSPS) is 11.5. The van der Waals surface area contributed by atoms with Gasteiger partial charge in [-0.2, -0.15) is 52.7 Å². The first-order valence-corrected chi connectivity index (χ1v) is 26.8. The zero-order valence-corrected chi connectivity index (χ0v) is 44.8. The van der Waals surface area contributed by atoms with Gasteiger partial charge in [0.15, 0.2) is 0 Å². The third-order valence-corrected chi connectivity index (χ3v) is 15.8. The minimum Gasteiger partial charge on any atom is -0.309 e. The lowest BCUT2D eigenvalue weighted by Crippen LogP contribution is -2.12. The van der Waals surface area contributed by atoms with Crippen molar-refractivity contribution in [2.24, 2.45) is 0 Å². The zero-order chi connectivity index (χ0) is 59.6. The number of nitriles is 5. The van der Waals surface area contributed by atoms with Crippen LogP contribution in [0.25, 0.3) is 122 Å². The predicted molar refractivity (Wildman–Crippen MR) is 321 cm³/mol. The molecule has 406 valence electrons. The highest BCUT2D eigenvalue weighted by atomic mass is 19.4. The first-order chi connectivity index (χ1) is 41.7. The van der Waals surface area contributed by atoms with Gasteiger partial charge in [0, 0.05) is 32.7 Å². The summed E-state index contributed by atoms with van der Waals surface area (Å²) in [6.45, 7) is 0. The van der Waals surface area contributed by atoms with Crippen LogP contribution in [0.4, 0.5) is 26.3 Å². The van der Waals surface area contributed by atoms with Gasteiger partial charge in [-0.15, -0.1) is 0 Å². The summed E-state index contributed by atoms with van der Waals surface area (Å²) < 4.78 is 92.7. The number of hydrogen-bond donors (Lipinski definition) is 0. The summed E-state index contributed by atoms with van der Waals surface area (Å²) in [5.41, 5.74) is 7.47. The molecule has 0 aliphatic carbocycles. The lowest BCUT2D eigenvalue weighted by Gasteiger charge is -2.22. The van der Waals surface area contributed by atoms with Crippen LogP contribution in [-0.2, 0) is 12.4 Å². The summed E-state index contributed by atoms with van der Waals surface area (Å²) in [6.07, 6.45) is -10.3. The molecule has 0 amide bonds. The van der Waals surface area contributed by atoms with E-state index in [0.717, 1.165) is 17.2 Å². The predicted octanol–water partition coefficient (Wildman–Crippen LogP) is 19.3. The first-order valence-electron chi connectivity index (χ1n) is 26.8. The van der Waals surface area contributed by atoms with Gasteiger partial charge in [-0.3, -0.25) is 0 Å². The summed E-state index contributed by atoms with van der Waals surface area (Å²) in [5, 5.41) is 55.2. The van der Waals surface area contributed by atoms with E-state index in [0.29, 0.717) is 117 Å². The van der Waals surface area contributed by atoms with Crippen LogP contribution in [0.15, 0.2) is 224 Å². The Morgan fingerprint density at radius 3 is 1.00 bits per heavy atom. The van der Waals surface area contributed by atoms with E-state index in [1.807, 2.05) is 130 Å². The average Bonchev–Trinajstić information content (AvgIpc) is 1.60. The number of alkyl halides is 6. The van der Waals surface area contributed by atoms with Gasteiger partial charge in [0.05, 0.1) is 103 Å². The summed E-state index contributed by atoms with van der Waals surface area (Å²) in [7, 11) is 0. The van der Waals surface area contributed by atoms with Crippen LogP contribution in [0.1, 0.15) is 38.9 Å². The van der Waals surface area contributed by atoms with Crippen molar-refractivity contribution in [1.29, 1.82) is 26.3 Å². The van der Waals surface area contributed by atoms with E-state index in [2.05, 4.69) is 30.3 Å². The number of hydrogen-bond acceptors (Lipinski definition) is 5. The molecule has 0 saturated heterocycles. The minimum atomic E-state index is -5.25. The Morgan fingerprint density at radius 2 is 0.628 bits per heavy atom. The summed E-state index contributed by atoms with van der Waals surface area (Å²) in [4.78, 5) is 0. The van der Waals surface area contributed by atoms with Gasteiger partial charge in [-0.25, -0.2) is 0 Å². The second-order valence-corrected chi connectivity index (χ2v) is 20.5. The van der Waals surface area contributed by atoms with Gasteiger partial charge in [0.25, 0.3) is 0 Å². The van der Waals surface area contributed by atoms with Crippen LogP contribution >= 0.6 is 0 Å². The van der Waals surface area contributed by atoms with Gasteiger partial charge in [0.2, 0.25) is 0 Å². The lowest BCUT2D eigenvalue weighted by atomic mass is 9.90. The molecule has 0 atom stereocenters. The third kappa shape index (κ3) is 8.91. The molecule has 0 saturated carbocycles. The van der Waals surface area contributed by atoms with Crippen LogP contribution in [-0.4, -0.2) is 9.13 Å². The average molecular weight is 1130 g/mol. The molecule has 7 nitrogen and oxygen atoms in total. The Labute approximate surface area is 487 Å². The smallest absolute Gasteiger partial charge is 0.309 e. The first kappa shape index (κ1) is 53.4. The lowest BCUT2D eigenvalue weighted by molar-refractivity contribution is -0.142. The quantitative estimate of drug-likeness (QED) is 0.140. The summed E-state index contributed by atoms with van der Waals surface area (Å²) in [6, 6.07) is 74.3. The van der Waals surface area contributed by atoms with Crippen molar-refractivity contribution in [1.82, 2.24) is 9.13 Å². The third-order valence-electron chi connectivity index (χ3n) is 15.8. The molecule has 2 heterocycles. The number of fused-ring (bicyclic) bond motifs is 6. The molecule has 0 fully saturated rings. The molecule has 0 N–H and O–H groups in total. The van der Waals surface area contributed by atoms with Crippen LogP contribution in [0.3, 0.4) is 0 Å². The molecule has 0 bridgehead atoms. The van der Waals surface area contributed by atoms with E-state index in [1.54, 1.807) is 72.8 Å². The fourth-order valence-electron chi connectivity index (χ4n) is 12.0. The highest BCUT2D eigenvalue weighted by Gasteiger charge is 2.39. The Kier molecular flexibility index (Phi) is 12.9. The van der Waals surface area contributed by atoms with Gasteiger partial charge in [-0.1, -0.05) is 115 Å². The molecule has 13 heteroatoms. The fraction of sp³-hybridized carbons (Fsp3) is 0.0274. The molecule has 0 aliphatic rings. The van der Waals surface area contributed by atoms with Crippen LogP contribution < -0.4 is 0 Å². The largest absolute Gasteiger partial charge is 0.417 e. The SMILES string of the molecule is N#Cc1ccccc1-c1ccc2c(c1)c1cc(-c3ccccc3C#N)ccc1n2-c1ccc(-c2ccc(C(F)(F)F)cc2C(F)(F)F)cc1-c1c(C#N)cccc1-n1c2ccc(-c3ccccc3C#N)cc2c2cc(-c3ccccc3C#N)ccc21. The van der Waals surface area contributed by atoms with E-state index in [-0.39, 0.29) is 28.3 Å². The number of aromatic nitrogens is 2. The van der Waals surface area contributed by atoms with Crippen LogP contribution in [0, 0.1) is 56.7 Å². The molecule has 2 aromatic heterocycles. The highest BCUT2D eigenvalue weighted by Crippen LogP contribution is 2.48. The van der Waals surface area contributed by atoms with Crippen LogP contribution in [0.2, 0.25) is 0 Å². The summed E-state index contributed by atoms with van der Waals surface area (Å²) in [5.74, 6) is 0. The highest BCUT2D eigenvalue weighted by molar-refractivity contribution is 6.14. The molecular weight excluding hydrogens is 1090 g/mol. The van der Waals surface area contributed by atoms with E-state index in [4.69, 9.17) is 0 Å². The van der Waals surface area contributed by atoms with E-state index < -0.39 is 29.0 Å². The fourth-order valence-corrected chi connectivity index (χ4v) is 12.0. The molecule has 0 spiro atoms. The Balaban J connectivity index is 1.15. The number of rotatable bonds is 8.